The Morgan fingerprint density at radius 3 is 3.12 bits per heavy atom. The van der Waals surface area contributed by atoms with Crippen LogP contribution in [0.2, 0.25) is 0 Å². The van der Waals surface area contributed by atoms with E-state index in [4.69, 9.17) is 0 Å². The van der Waals surface area contributed by atoms with Gasteiger partial charge in [0.25, 0.3) is 0 Å². The average Bonchev–Trinajstić information content (AvgIpc) is 3.07. The maximum absolute atomic E-state index is 13.3. The lowest BCUT2D eigenvalue weighted by molar-refractivity contribution is -0.127. The first-order valence-corrected chi connectivity index (χ1v) is 8.77. The molecule has 25 heavy (non-hydrogen) atoms. The molecular formula is C18H24FN5O. The van der Waals surface area contributed by atoms with E-state index in [1.165, 1.54) is 6.07 Å². The van der Waals surface area contributed by atoms with Gasteiger partial charge in [0.05, 0.1) is 12.5 Å². The van der Waals surface area contributed by atoms with Crippen LogP contribution in [0.5, 0.6) is 0 Å². The largest absolute Gasteiger partial charge is 0.349 e. The molecular weight excluding hydrogens is 321 g/mol. The Morgan fingerprint density at radius 1 is 1.44 bits per heavy atom. The van der Waals surface area contributed by atoms with Gasteiger partial charge < -0.3 is 9.88 Å². The number of benzene rings is 1. The number of aromatic nitrogens is 3. The van der Waals surface area contributed by atoms with Crippen molar-refractivity contribution in [1.29, 1.82) is 0 Å². The van der Waals surface area contributed by atoms with Crippen molar-refractivity contribution >= 4 is 5.91 Å². The third-order valence-electron chi connectivity index (χ3n) is 4.63. The predicted octanol–water partition coefficient (Wildman–Crippen LogP) is 1.97. The molecule has 1 saturated heterocycles. The predicted molar refractivity (Wildman–Crippen MR) is 91.9 cm³/mol. The van der Waals surface area contributed by atoms with E-state index in [1.54, 1.807) is 18.5 Å². The van der Waals surface area contributed by atoms with Crippen LogP contribution in [0.4, 0.5) is 4.39 Å². The molecule has 2 heterocycles. The number of halogens is 1. The van der Waals surface area contributed by atoms with Crippen LogP contribution < -0.4 is 5.32 Å². The number of aryl methyl sites for hydroxylation is 1. The summed E-state index contributed by atoms with van der Waals surface area (Å²) in [5.74, 6) is 0.557. The number of likely N-dealkylation sites (tertiary alicyclic amines) is 1. The number of amides is 1. The zero-order chi connectivity index (χ0) is 17.6. The Balaban J connectivity index is 1.52. The summed E-state index contributed by atoms with van der Waals surface area (Å²) < 4.78 is 15.2. The van der Waals surface area contributed by atoms with Crippen LogP contribution >= 0.6 is 0 Å². The highest BCUT2D eigenvalue weighted by molar-refractivity contribution is 5.78. The second-order valence-electron chi connectivity index (χ2n) is 6.46. The SMILES string of the molecule is CCn1cnnc1CNC(=O)C1CCCN(Cc2cccc(F)c2)C1. The summed E-state index contributed by atoms with van der Waals surface area (Å²) in [6.07, 6.45) is 3.52. The molecule has 1 aromatic carbocycles. The highest BCUT2D eigenvalue weighted by Crippen LogP contribution is 2.19. The number of piperidine rings is 1. The molecule has 0 radical (unpaired) electrons. The minimum atomic E-state index is -0.219. The first-order valence-electron chi connectivity index (χ1n) is 8.77. The van der Waals surface area contributed by atoms with E-state index in [9.17, 15) is 9.18 Å². The fourth-order valence-corrected chi connectivity index (χ4v) is 3.30. The van der Waals surface area contributed by atoms with Crippen molar-refractivity contribution in [2.24, 2.45) is 5.92 Å². The number of nitrogens with one attached hydrogen (secondary N) is 1. The van der Waals surface area contributed by atoms with E-state index in [-0.39, 0.29) is 17.6 Å². The molecule has 1 amide bonds. The number of hydrogen-bond donors (Lipinski definition) is 1. The summed E-state index contributed by atoms with van der Waals surface area (Å²) in [6.45, 7) is 5.50. The van der Waals surface area contributed by atoms with Gasteiger partial charge in [-0.25, -0.2) is 4.39 Å². The van der Waals surface area contributed by atoms with Gasteiger partial charge in [-0.05, 0) is 44.0 Å². The second kappa shape index (κ2) is 8.20. The van der Waals surface area contributed by atoms with E-state index in [1.807, 2.05) is 17.6 Å². The lowest BCUT2D eigenvalue weighted by Crippen LogP contribution is -2.42. The van der Waals surface area contributed by atoms with E-state index in [0.717, 1.165) is 37.3 Å². The Kier molecular flexibility index (Phi) is 5.75. The summed E-state index contributed by atoms with van der Waals surface area (Å²) in [5, 5.41) is 10.9. The van der Waals surface area contributed by atoms with Gasteiger partial charge in [-0.1, -0.05) is 12.1 Å². The minimum absolute atomic E-state index is 0.0414. The van der Waals surface area contributed by atoms with E-state index >= 15 is 0 Å². The lowest BCUT2D eigenvalue weighted by atomic mass is 9.96. The molecule has 0 aliphatic carbocycles. The normalized spacial score (nSPS) is 18.2. The van der Waals surface area contributed by atoms with Crippen molar-refractivity contribution in [1.82, 2.24) is 25.0 Å². The van der Waals surface area contributed by atoms with Gasteiger partial charge in [0.15, 0.2) is 5.82 Å². The smallest absolute Gasteiger partial charge is 0.224 e. The molecule has 3 rings (SSSR count). The van der Waals surface area contributed by atoms with Crippen LogP contribution in [-0.2, 0) is 24.4 Å². The Morgan fingerprint density at radius 2 is 2.32 bits per heavy atom. The molecule has 2 aromatic rings. The number of hydrogen-bond acceptors (Lipinski definition) is 4. The molecule has 1 aliphatic heterocycles. The van der Waals surface area contributed by atoms with Gasteiger partial charge in [-0.15, -0.1) is 10.2 Å². The molecule has 6 nitrogen and oxygen atoms in total. The zero-order valence-corrected chi connectivity index (χ0v) is 14.5. The summed E-state index contributed by atoms with van der Waals surface area (Å²) in [5.41, 5.74) is 0.942. The van der Waals surface area contributed by atoms with Crippen LogP contribution in [0.25, 0.3) is 0 Å². The van der Waals surface area contributed by atoms with Gasteiger partial charge in [0, 0.05) is 19.6 Å². The van der Waals surface area contributed by atoms with Gasteiger partial charge >= 0.3 is 0 Å². The minimum Gasteiger partial charge on any atom is -0.349 e. The van der Waals surface area contributed by atoms with Crippen LogP contribution in [0.1, 0.15) is 31.2 Å². The summed E-state index contributed by atoms with van der Waals surface area (Å²) >= 11 is 0. The number of carbonyl (C=O) groups excluding carboxylic acids is 1. The van der Waals surface area contributed by atoms with Crippen molar-refractivity contribution < 1.29 is 9.18 Å². The van der Waals surface area contributed by atoms with Gasteiger partial charge in [-0.3, -0.25) is 9.69 Å². The molecule has 0 bridgehead atoms. The second-order valence-corrected chi connectivity index (χ2v) is 6.46. The van der Waals surface area contributed by atoms with Crippen LogP contribution in [0.15, 0.2) is 30.6 Å². The maximum Gasteiger partial charge on any atom is 0.224 e. The van der Waals surface area contributed by atoms with Crippen LogP contribution in [0, 0.1) is 11.7 Å². The lowest BCUT2D eigenvalue weighted by Gasteiger charge is -2.32. The van der Waals surface area contributed by atoms with Crippen LogP contribution in [-0.4, -0.2) is 38.7 Å². The van der Waals surface area contributed by atoms with Crippen molar-refractivity contribution in [2.45, 2.75) is 39.4 Å². The third kappa shape index (κ3) is 4.63. The van der Waals surface area contributed by atoms with Crippen molar-refractivity contribution in [3.63, 3.8) is 0 Å². The maximum atomic E-state index is 13.3. The number of carbonyl (C=O) groups is 1. The molecule has 1 unspecified atom stereocenters. The quantitative estimate of drug-likeness (QED) is 0.869. The zero-order valence-electron chi connectivity index (χ0n) is 14.5. The molecule has 1 atom stereocenters. The first kappa shape index (κ1) is 17.5. The highest BCUT2D eigenvalue weighted by atomic mass is 19.1. The molecule has 1 N–H and O–H groups in total. The fraction of sp³-hybridized carbons (Fsp3) is 0.500. The molecule has 0 spiro atoms. The summed E-state index contributed by atoms with van der Waals surface area (Å²) in [7, 11) is 0. The standard InChI is InChI=1S/C18H24FN5O/c1-2-24-13-21-22-17(24)10-20-18(25)15-6-4-8-23(12-15)11-14-5-3-7-16(19)9-14/h3,5,7,9,13,15H,2,4,6,8,10-12H2,1H3,(H,20,25). The van der Waals surface area contributed by atoms with E-state index in [0.29, 0.717) is 19.6 Å². The molecule has 7 heteroatoms. The van der Waals surface area contributed by atoms with Gasteiger partial charge in [0.1, 0.15) is 12.1 Å². The number of nitrogens with zero attached hydrogens (tertiary/aromatic N) is 4. The Labute approximate surface area is 147 Å². The monoisotopic (exact) mass is 345 g/mol. The van der Waals surface area contributed by atoms with Crippen molar-refractivity contribution in [3.05, 3.63) is 47.8 Å². The van der Waals surface area contributed by atoms with E-state index < -0.39 is 0 Å². The Bertz CT molecular complexity index is 717. The molecule has 1 aliphatic rings. The average molecular weight is 345 g/mol. The van der Waals surface area contributed by atoms with Crippen LogP contribution in [0.3, 0.4) is 0 Å². The van der Waals surface area contributed by atoms with Gasteiger partial charge in [0.2, 0.25) is 5.91 Å². The molecule has 1 fully saturated rings. The summed E-state index contributed by atoms with van der Waals surface area (Å²) in [6, 6.07) is 6.65. The van der Waals surface area contributed by atoms with Crippen molar-refractivity contribution in [2.75, 3.05) is 13.1 Å². The fourth-order valence-electron chi connectivity index (χ4n) is 3.30. The van der Waals surface area contributed by atoms with E-state index in [2.05, 4.69) is 20.4 Å². The summed E-state index contributed by atoms with van der Waals surface area (Å²) in [4.78, 5) is 14.7. The first-order chi connectivity index (χ1) is 12.2. The third-order valence-corrected chi connectivity index (χ3v) is 4.63. The molecule has 1 aromatic heterocycles. The van der Waals surface area contributed by atoms with Gasteiger partial charge in [-0.2, -0.15) is 0 Å². The van der Waals surface area contributed by atoms with Crippen molar-refractivity contribution in [3.8, 4) is 0 Å². The number of rotatable bonds is 6. The Hall–Kier alpha value is -2.28. The topological polar surface area (TPSA) is 63.1 Å². The molecule has 134 valence electrons. The molecule has 0 saturated carbocycles. The highest BCUT2D eigenvalue weighted by Gasteiger charge is 2.26.